The molecule has 39 heavy (non-hydrogen) atoms. The van der Waals surface area contributed by atoms with E-state index in [0.717, 1.165) is 24.7 Å². The van der Waals surface area contributed by atoms with E-state index in [9.17, 15) is 9.90 Å². The van der Waals surface area contributed by atoms with Crippen LogP contribution in [0, 0.1) is 45.3 Å². The Morgan fingerprint density at radius 2 is 1.72 bits per heavy atom. The zero-order valence-corrected chi connectivity index (χ0v) is 25.0. The van der Waals surface area contributed by atoms with E-state index in [-0.39, 0.29) is 29.6 Å². The summed E-state index contributed by atoms with van der Waals surface area (Å²) in [7, 11) is 0. The average molecular weight is 534 g/mol. The Hall–Kier alpha value is -1.39. The number of hydrogen-bond donors (Lipinski definition) is 1. The summed E-state index contributed by atoms with van der Waals surface area (Å²) >= 11 is 0. The zero-order valence-electron chi connectivity index (χ0n) is 25.0. The molecule has 6 fully saturated rings. The fourth-order valence-electron chi connectivity index (χ4n) is 12.1. The van der Waals surface area contributed by atoms with Gasteiger partial charge in [0.25, 0.3) is 0 Å². The summed E-state index contributed by atoms with van der Waals surface area (Å²) in [6, 6.07) is 10.5. The van der Waals surface area contributed by atoms with Crippen molar-refractivity contribution in [3.05, 3.63) is 35.9 Å². The lowest BCUT2D eigenvalue weighted by atomic mass is 9.46. The summed E-state index contributed by atoms with van der Waals surface area (Å²) in [4.78, 5) is 14.8. The molecular weight excluding hydrogens is 482 g/mol. The van der Waals surface area contributed by atoms with Gasteiger partial charge in [0.1, 0.15) is 0 Å². The molecule has 2 spiro atoms. The van der Waals surface area contributed by atoms with Gasteiger partial charge in [0.15, 0.2) is 0 Å². The third-order valence-corrected chi connectivity index (χ3v) is 14.2. The van der Waals surface area contributed by atoms with Crippen LogP contribution >= 0.6 is 0 Å². The molecule has 0 bridgehead atoms. The van der Waals surface area contributed by atoms with Crippen molar-refractivity contribution in [2.75, 3.05) is 6.54 Å². The Morgan fingerprint density at radius 3 is 2.46 bits per heavy atom. The Morgan fingerprint density at radius 1 is 0.974 bits per heavy atom. The molecule has 6 aliphatic rings. The minimum absolute atomic E-state index is 0.0624. The van der Waals surface area contributed by atoms with Crippen LogP contribution in [0.15, 0.2) is 30.3 Å². The molecular formula is C35H51NO3. The number of nitrogens with zero attached hydrogens (tertiary/aromatic N) is 1. The third-order valence-electron chi connectivity index (χ3n) is 14.2. The van der Waals surface area contributed by atoms with E-state index in [4.69, 9.17) is 4.74 Å². The van der Waals surface area contributed by atoms with Crippen molar-refractivity contribution in [1.29, 1.82) is 0 Å². The summed E-state index contributed by atoms with van der Waals surface area (Å²) in [6.45, 7) is 11.9. The number of rotatable bonds is 4. The SMILES string of the molecule is CC(=O)N(CC1CCC2C(CC3C4CCC5C(C)(C)[C@@H](O)CCC56CC46CCC23C)O1)[C@@H](C)c1ccccc1. The number of amides is 1. The van der Waals surface area contributed by atoms with Gasteiger partial charge in [0.2, 0.25) is 5.91 Å². The van der Waals surface area contributed by atoms with Crippen LogP contribution in [0.25, 0.3) is 0 Å². The van der Waals surface area contributed by atoms with Gasteiger partial charge >= 0.3 is 0 Å². The third kappa shape index (κ3) is 3.58. The molecule has 1 aromatic rings. The number of carbonyl (C=O) groups excluding carboxylic acids is 1. The second kappa shape index (κ2) is 8.81. The molecule has 5 aliphatic carbocycles. The maximum Gasteiger partial charge on any atom is 0.220 e. The number of aliphatic hydroxyl groups excluding tert-OH is 1. The zero-order chi connectivity index (χ0) is 27.4. The molecule has 214 valence electrons. The normalized spacial score (nSPS) is 48.0. The Kier molecular flexibility index (Phi) is 5.98. The van der Waals surface area contributed by atoms with Crippen LogP contribution in [0.2, 0.25) is 0 Å². The second-order valence-electron chi connectivity index (χ2n) is 15.7. The van der Waals surface area contributed by atoms with E-state index in [1.807, 2.05) is 11.0 Å². The number of fused-ring (bicyclic) bond motifs is 4. The van der Waals surface area contributed by atoms with Gasteiger partial charge in [-0.05, 0) is 122 Å². The minimum Gasteiger partial charge on any atom is -0.393 e. The fourth-order valence-corrected chi connectivity index (χ4v) is 12.1. The topological polar surface area (TPSA) is 49.8 Å². The molecule has 1 aliphatic heterocycles. The van der Waals surface area contributed by atoms with Gasteiger partial charge in [-0.1, -0.05) is 51.1 Å². The molecule has 4 nitrogen and oxygen atoms in total. The Balaban J connectivity index is 1.08. The van der Waals surface area contributed by atoms with Crippen molar-refractivity contribution in [3.8, 4) is 0 Å². The van der Waals surface area contributed by atoms with Gasteiger partial charge in [0.05, 0.1) is 24.4 Å². The first-order valence-corrected chi connectivity index (χ1v) is 16.2. The predicted octanol–water partition coefficient (Wildman–Crippen LogP) is 7.16. The molecule has 4 heteroatoms. The summed E-state index contributed by atoms with van der Waals surface area (Å²) in [5.41, 5.74) is 2.71. The van der Waals surface area contributed by atoms with Gasteiger partial charge in [-0.2, -0.15) is 0 Å². The van der Waals surface area contributed by atoms with E-state index < -0.39 is 0 Å². The largest absolute Gasteiger partial charge is 0.393 e. The summed E-state index contributed by atoms with van der Waals surface area (Å²) < 4.78 is 6.99. The highest BCUT2D eigenvalue weighted by Gasteiger charge is 2.80. The van der Waals surface area contributed by atoms with Crippen molar-refractivity contribution in [1.82, 2.24) is 4.90 Å². The van der Waals surface area contributed by atoms with Crippen LogP contribution in [0.5, 0.6) is 0 Å². The van der Waals surface area contributed by atoms with Crippen LogP contribution in [0.3, 0.4) is 0 Å². The van der Waals surface area contributed by atoms with Crippen molar-refractivity contribution in [3.63, 3.8) is 0 Å². The first kappa shape index (κ1) is 26.5. The van der Waals surface area contributed by atoms with Crippen LogP contribution in [-0.4, -0.2) is 40.8 Å². The lowest BCUT2D eigenvalue weighted by Crippen LogP contribution is -2.54. The number of carbonyl (C=O) groups is 1. The molecule has 0 aromatic heterocycles. The number of benzene rings is 1. The highest BCUT2D eigenvalue weighted by molar-refractivity contribution is 5.73. The van der Waals surface area contributed by atoms with Crippen LogP contribution in [0.4, 0.5) is 0 Å². The first-order valence-electron chi connectivity index (χ1n) is 16.2. The van der Waals surface area contributed by atoms with Crippen molar-refractivity contribution in [2.24, 2.45) is 45.3 Å². The molecule has 1 aromatic carbocycles. The maximum absolute atomic E-state index is 12.7. The lowest BCUT2D eigenvalue weighted by molar-refractivity contribution is -0.142. The average Bonchev–Trinajstić information content (AvgIpc) is 3.50. The lowest BCUT2D eigenvalue weighted by Gasteiger charge is -2.59. The Bertz CT molecular complexity index is 1120. The van der Waals surface area contributed by atoms with Gasteiger partial charge in [-0.25, -0.2) is 0 Å². The van der Waals surface area contributed by atoms with Gasteiger partial charge < -0.3 is 14.7 Å². The molecule has 1 N–H and O–H groups in total. The van der Waals surface area contributed by atoms with Crippen molar-refractivity contribution in [2.45, 2.75) is 123 Å². The summed E-state index contributed by atoms with van der Waals surface area (Å²) in [5.74, 6) is 3.14. The fraction of sp³-hybridized carbons (Fsp3) is 0.800. The molecule has 7 rings (SSSR count). The second-order valence-corrected chi connectivity index (χ2v) is 15.7. The molecule has 1 saturated heterocycles. The van der Waals surface area contributed by atoms with E-state index >= 15 is 0 Å². The van der Waals surface area contributed by atoms with E-state index in [1.165, 1.54) is 56.9 Å². The minimum atomic E-state index is -0.130. The number of hydrogen-bond acceptors (Lipinski definition) is 3. The predicted molar refractivity (Wildman–Crippen MR) is 154 cm³/mol. The van der Waals surface area contributed by atoms with Crippen LogP contribution in [0.1, 0.15) is 110 Å². The number of ether oxygens (including phenoxy) is 1. The number of aliphatic hydroxyl groups is 1. The van der Waals surface area contributed by atoms with E-state index in [2.05, 4.69) is 52.0 Å². The van der Waals surface area contributed by atoms with Crippen molar-refractivity contribution >= 4 is 5.91 Å². The molecule has 11 atom stereocenters. The van der Waals surface area contributed by atoms with Crippen molar-refractivity contribution < 1.29 is 14.6 Å². The highest BCUT2D eigenvalue weighted by atomic mass is 16.5. The van der Waals surface area contributed by atoms with Gasteiger partial charge in [0, 0.05) is 13.5 Å². The van der Waals surface area contributed by atoms with Crippen LogP contribution < -0.4 is 0 Å². The van der Waals surface area contributed by atoms with Crippen LogP contribution in [-0.2, 0) is 9.53 Å². The summed E-state index contributed by atoms with van der Waals surface area (Å²) in [5, 5.41) is 10.9. The molecule has 5 saturated carbocycles. The smallest absolute Gasteiger partial charge is 0.220 e. The molecule has 0 radical (unpaired) electrons. The molecule has 1 amide bonds. The van der Waals surface area contributed by atoms with E-state index in [1.54, 1.807) is 6.92 Å². The summed E-state index contributed by atoms with van der Waals surface area (Å²) in [6.07, 6.45) is 13.1. The molecule has 1 heterocycles. The van der Waals surface area contributed by atoms with Gasteiger partial charge in [-0.3, -0.25) is 4.79 Å². The first-order chi connectivity index (χ1) is 18.5. The Labute approximate surface area is 236 Å². The van der Waals surface area contributed by atoms with E-state index in [0.29, 0.717) is 40.7 Å². The maximum atomic E-state index is 12.7. The molecule has 9 unspecified atom stereocenters. The monoisotopic (exact) mass is 533 g/mol. The van der Waals surface area contributed by atoms with Gasteiger partial charge in [-0.15, -0.1) is 0 Å². The standard InChI is InChI=1S/C35H51NO3/c1-22(24-9-7-6-8-10-24)36(23(2)37)20-25-11-12-27-29(39-25)19-28-26-13-14-30-32(3,4)31(38)15-16-35(30)21-34(26,35)18-17-33(27,28)5/h6-10,22,25-31,38H,11-21H2,1-5H3/t22-,25?,26?,27?,28?,29?,30?,31-,33?,34?,35?/m0/s1. The quantitative estimate of drug-likeness (QED) is 0.447. The highest BCUT2D eigenvalue weighted by Crippen LogP contribution is 2.87.